The van der Waals surface area contributed by atoms with Crippen LogP contribution in [0.4, 0.5) is 11.5 Å². The lowest BCUT2D eigenvalue weighted by Gasteiger charge is -2.35. The highest BCUT2D eigenvalue weighted by atomic mass is 16.6. The molecule has 0 aliphatic carbocycles. The number of amides is 5. The SMILES string of the molecule is O=C(/C=C/c1cccnc1)NCCCCC1CCN(C(=O)c2ccc(N3CCN(CCCOCCOCCOCCOCCNc4cccc5c4CN(C4CCC(=O)NC4=O)C5=O)CC3)nc2)CC1. The van der Waals surface area contributed by atoms with Gasteiger partial charge in [0, 0.05) is 120 Å². The highest BCUT2D eigenvalue weighted by Gasteiger charge is 2.40. The molecule has 4 aliphatic rings. The Labute approximate surface area is 405 Å². The van der Waals surface area contributed by atoms with Crippen molar-refractivity contribution in [2.45, 2.75) is 64.0 Å². The summed E-state index contributed by atoms with van der Waals surface area (Å²) in [6, 6.07) is 12.5. The van der Waals surface area contributed by atoms with Crippen molar-refractivity contribution in [3.05, 3.63) is 89.4 Å². The number of imide groups is 1. The van der Waals surface area contributed by atoms with Crippen LogP contribution in [0.25, 0.3) is 6.08 Å². The number of rotatable bonds is 27. The maximum Gasteiger partial charge on any atom is 0.255 e. The molecular weight excluding hydrogens is 883 g/mol. The number of hydrogen-bond donors (Lipinski definition) is 3. The number of carbonyl (C=O) groups excluding carboxylic acids is 5. The van der Waals surface area contributed by atoms with Gasteiger partial charge in [-0.05, 0) is 80.0 Å². The number of ether oxygens (including phenoxy) is 4. The predicted octanol–water partition coefficient (Wildman–Crippen LogP) is 3.78. The highest BCUT2D eigenvalue weighted by Crippen LogP contribution is 2.32. The molecule has 69 heavy (non-hydrogen) atoms. The summed E-state index contributed by atoms with van der Waals surface area (Å²) in [6.07, 6.45) is 15.1. The van der Waals surface area contributed by atoms with E-state index in [1.807, 2.05) is 41.3 Å². The summed E-state index contributed by atoms with van der Waals surface area (Å²) < 4.78 is 22.8. The van der Waals surface area contributed by atoms with Crippen molar-refractivity contribution in [2.75, 3.05) is 122 Å². The summed E-state index contributed by atoms with van der Waals surface area (Å²) >= 11 is 0. The van der Waals surface area contributed by atoms with Crippen LogP contribution in [0.15, 0.2) is 67.1 Å². The highest BCUT2D eigenvalue weighted by molar-refractivity contribution is 6.06. The third-order valence-electron chi connectivity index (χ3n) is 13.1. The first-order valence-electron chi connectivity index (χ1n) is 24.7. The van der Waals surface area contributed by atoms with Gasteiger partial charge in [-0.3, -0.25) is 39.2 Å². The number of fused-ring (bicyclic) bond motifs is 1. The number of hydrogen-bond acceptors (Lipinski definition) is 14. The normalized spacial score (nSPS) is 17.9. The van der Waals surface area contributed by atoms with E-state index in [1.165, 1.54) is 0 Å². The Morgan fingerprint density at radius 1 is 0.768 bits per heavy atom. The van der Waals surface area contributed by atoms with E-state index in [1.54, 1.807) is 41.7 Å². The first-order chi connectivity index (χ1) is 33.8. The summed E-state index contributed by atoms with van der Waals surface area (Å²) in [5.74, 6) is 0.567. The Hall–Kier alpha value is -5.79. The second-order valence-electron chi connectivity index (χ2n) is 17.8. The quantitative estimate of drug-likeness (QED) is 0.0568. The van der Waals surface area contributed by atoms with Crippen LogP contribution in [0.5, 0.6) is 0 Å². The number of benzene rings is 1. The van der Waals surface area contributed by atoms with Crippen molar-refractivity contribution in [2.24, 2.45) is 5.92 Å². The molecule has 3 fully saturated rings. The van der Waals surface area contributed by atoms with Crippen molar-refractivity contribution in [1.82, 2.24) is 35.3 Å². The standard InChI is InChI=1S/C51H69N9O9/c61-47(14-10-40-7-4-18-52-36-40)54-19-2-1-6-39-16-22-59(23-17-39)50(64)41-11-13-46(55-37-41)58-26-24-57(25-27-58)21-5-28-66-30-32-68-34-35-69-33-31-67-29-20-53-44-9-3-8-42-43(44)38-60(51(42)65)45-12-15-48(62)56-49(45)63/h3-4,7-11,13-14,18,36-37,39,45,53H,1-2,5-6,12,15-17,19-35,38H2,(H,54,61)(H,56,62,63)/b14-10+. The number of aromatic nitrogens is 2. The van der Waals surface area contributed by atoms with E-state index in [4.69, 9.17) is 18.9 Å². The molecule has 3 aromatic rings. The fourth-order valence-electron chi connectivity index (χ4n) is 9.14. The van der Waals surface area contributed by atoms with E-state index in [2.05, 4.69) is 35.7 Å². The zero-order valence-corrected chi connectivity index (χ0v) is 39.8. The number of anilines is 2. The Bertz CT molecular complexity index is 2150. The Morgan fingerprint density at radius 2 is 1.52 bits per heavy atom. The summed E-state index contributed by atoms with van der Waals surface area (Å²) in [7, 11) is 0. The topological polar surface area (TPSA) is 197 Å². The largest absolute Gasteiger partial charge is 0.382 e. The average molecular weight is 952 g/mol. The zero-order chi connectivity index (χ0) is 48.0. The molecule has 5 amide bonds. The third-order valence-corrected chi connectivity index (χ3v) is 13.1. The molecule has 4 aliphatic heterocycles. The summed E-state index contributed by atoms with van der Waals surface area (Å²) in [5, 5.41) is 8.64. The lowest BCUT2D eigenvalue weighted by molar-refractivity contribution is -0.137. The molecule has 0 saturated carbocycles. The summed E-state index contributed by atoms with van der Waals surface area (Å²) in [4.78, 5) is 79.3. The summed E-state index contributed by atoms with van der Waals surface area (Å²) in [6.45, 7) is 11.8. The molecule has 0 bridgehead atoms. The van der Waals surface area contributed by atoms with E-state index in [-0.39, 0.29) is 30.0 Å². The minimum Gasteiger partial charge on any atom is -0.382 e. The molecule has 7 rings (SSSR count). The number of nitrogens with zero attached hydrogens (tertiary/aromatic N) is 6. The van der Waals surface area contributed by atoms with Crippen molar-refractivity contribution in [3.8, 4) is 0 Å². The molecule has 2 aromatic heterocycles. The Morgan fingerprint density at radius 3 is 2.23 bits per heavy atom. The molecule has 18 nitrogen and oxygen atoms in total. The van der Waals surface area contributed by atoms with Crippen LogP contribution in [-0.4, -0.2) is 172 Å². The van der Waals surface area contributed by atoms with E-state index in [0.717, 1.165) is 107 Å². The van der Waals surface area contributed by atoms with E-state index in [9.17, 15) is 24.0 Å². The van der Waals surface area contributed by atoms with Gasteiger partial charge >= 0.3 is 0 Å². The van der Waals surface area contributed by atoms with Gasteiger partial charge in [-0.2, -0.15) is 0 Å². The van der Waals surface area contributed by atoms with Crippen LogP contribution in [0.1, 0.15) is 83.2 Å². The maximum atomic E-state index is 13.3. The van der Waals surface area contributed by atoms with Gasteiger partial charge < -0.3 is 44.3 Å². The first kappa shape index (κ1) is 51.1. The molecule has 3 N–H and O–H groups in total. The van der Waals surface area contributed by atoms with E-state index < -0.39 is 11.9 Å². The van der Waals surface area contributed by atoms with Crippen LogP contribution >= 0.6 is 0 Å². The van der Waals surface area contributed by atoms with Crippen LogP contribution < -0.4 is 20.9 Å². The number of likely N-dealkylation sites (tertiary alicyclic amines) is 1. The fraction of sp³-hybridized carbons (Fsp3) is 0.549. The van der Waals surface area contributed by atoms with Crippen molar-refractivity contribution < 1.29 is 42.9 Å². The Kier molecular flexibility index (Phi) is 20.3. The number of piperidine rings is 2. The zero-order valence-electron chi connectivity index (χ0n) is 39.8. The molecule has 0 spiro atoms. The second-order valence-corrected chi connectivity index (χ2v) is 17.8. The third kappa shape index (κ3) is 15.9. The predicted molar refractivity (Wildman–Crippen MR) is 261 cm³/mol. The Balaban J connectivity index is 0.637. The minimum atomic E-state index is -0.641. The van der Waals surface area contributed by atoms with Gasteiger partial charge in [0.1, 0.15) is 11.9 Å². The van der Waals surface area contributed by atoms with Crippen molar-refractivity contribution in [1.29, 1.82) is 0 Å². The first-order valence-corrected chi connectivity index (χ1v) is 24.7. The summed E-state index contributed by atoms with van der Waals surface area (Å²) in [5.41, 5.74) is 3.79. The number of nitrogens with one attached hydrogen (secondary N) is 3. The molecule has 1 atom stereocenters. The van der Waals surface area contributed by atoms with E-state index >= 15 is 0 Å². The maximum absolute atomic E-state index is 13.3. The average Bonchev–Trinajstić information content (AvgIpc) is 3.71. The lowest BCUT2D eigenvalue weighted by Crippen LogP contribution is -2.52. The molecule has 1 unspecified atom stereocenters. The van der Waals surface area contributed by atoms with Gasteiger partial charge in [-0.25, -0.2) is 4.98 Å². The minimum absolute atomic E-state index is 0.0568. The molecule has 372 valence electrons. The molecule has 1 aromatic carbocycles. The van der Waals surface area contributed by atoms with Crippen LogP contribution in [0, 0.1) is 5.92 Å². The molecule has 6 heterocycles. The number of carbonyl (C=O) groups is 5. The van der Waals surface area contributed by atoms with Crippen LogP contribution in [0.2, 0.25) is 0 Å². The molecular formula is C51H69N9O9. The second kappa shape index (κ2) is 27.4. The van der Waals surface area contributed by atoms with Gasteiger partial charge in [-0.15, -0.1) is 0 Å². The number of unbranched alkanes of at least 4 members (excludes halogenated alkanes) is 1. The van der Waals surface area contributed by atoms with Gasteiger partial charge in [-0.1, -0.05) is 25.0 Å². The van der Waals surface area contributed by atoms with Gasteiger partial charge in [0.25, 0.3) is 11.8 Å². The van der Waals surface area contributed by atoms with Gasteiger partial charge in [0.05, 0.1) is 51.8 Å². The van der Waals surface area contributed by atoms with Crippen LogP contribution in [0.3, 0.4) is 0 Å². The fourth-order valence-corrected chi connectivity index (χ4v) is 9.14. The number of pyridine rings is 2. The molecule has 18 heteroatoms. The molecule has 3 saturated heterocycles. The van der Waals surface area contributed by atoms with Crippen molar-refractivity contribution >= 4 is 47.1 Å². The number of piperazine rings is 1. The van der Waals surface area contributed by atoms with E-state index in [0.29, 0.717) is 96.0 Å². The smallest absolute Gasteiger partial charge is 0.255 e. The van der Waals surface area contributed by atoms with Crippen molar-refractivity contribution in [3.63, 3.8) is 0 Å². The monoisotopic (exact) mass is 952 g/mol. The lowest BCUT2D eigenvalue weighted by atomic mass is 9.91. The van der Waals surface area contributed by atoms with Gasteiger partial charge in [0.2, 0.25) is 17.7 Å². The molecule has 0 radical (unpaired) electrons. The van der Waals surface area contributed by atoms with Gasteiger partial charge in [0.15, 0.2) is 0 Å². The van der Waals surface area contributed by atoms with Crippen LogP contribution in [-0.2, 0) is 39.9 Å².